The molecule has 0 spiro atoms. The number of hydrogen-bond acceptors (Lipinski definition) is 5. The molecule has 0 N–H and O–H groups in total. The van der Waals surface area contributed by atoms with Gasteiger partial charge in [-0.25, -0.2) is 5.01 Å². The molecule has 3 aromatic carbocycles. The number of aryl methyl sites for hydroxylation is 2. The highest BCUT2D eigenvalue weighted by molar-refractivity contribution is 6.14. The maximum Gasteiger partial charge on any atom is 0.240 e. The number of carbonyl (C=O) groups excluding carboxylic acids is 1. The number of rotatable bonds is 3. The Balaban J connectivity index is 1.54. The SMILES string of the molecule is CC(=O)N1N=C(c2c(C)nc3ccc(C)cc3c2-c2ccccc2)C[C@H]1c1ccc2nccnc2c1. The normalized spacial score (nSPS) is 15.5. The third kappa shape index (κ3) is 3.71. The van der Waals surface area contributed by atoms with Crippen LogP contribution in [0.25, 0.3) is 33.1 Å². The zero-order valence-electron chi connectivity index (χ0n) is 20.4. The second-order valence-electron chi connectivity index (χ2n) is 9.27. The van der Waals surface area contributed by atoms with E-state index >= 15 is 0 Å². The molecule has 1 amide bonds. The zero-order valence-corrected chi connectivity index (χ0v) is 20.4. The lowest BCUT2D eigenvalue weighted by Gasteiger charge is -2.20. The summed E-state index contributed by atoms with van der Waals surface area (Å²) < 4.78 is 0. The smallest absolute Gasteiger partial charge is 0.240 e. The Morgan fingerprint density at radius 3 is 2.39 bits per heavy atom. The van der Waals surface area contributed by atoms with E-state index in [0.717, 1.165) is 55.6 Å². The second kappa shape index (κ2) is 8.64. The Bertz CT molecular complexity index is 1680. The van der Waals surface area contributed by atoms with Crippen molar-refractivity contribution >= 4 is 33.6 Å². The van der Waals surface area contributed by atoms with Gasteiger partial charge >= 0.3 is 0 Å². The van der Waals surface area contributed by atoms with Gasteiger partial charge in [-0.3, -0.25) is 19.7 Å². The maximum atomic E-state index is 12.7. The largest absolute Gasteiger partial charge is 0.273 e. The van der Waals surface area contributed by atoms with E-state index in [2.05, 4.69) is 47.2 Å². The van der Waals surface area contributed by atoms with Crippen LogP contribution in [0.2, 0.25) is 0 Å². The highest BCUT2D eigenvalue weighted by atomic mass is 16.2. The monoisotopic (exact) mass is 471 g/mol. The molecule has 6 nitrogen and oxygen atoms in total. The van der Waals surface area contributed by atoms with Crippen LogP contribution in [0.5, 0.6) is 0 Å². The van der Waals surface area contributed by atoms with Gasteiger partial charge in [0.15, 0.2) is 0 Å². The molecular formula is C30H25N5O. The first-order chi connectivity index (χ1) is 17.5. The van der Waals surface area contributed by atoms with Crippen molar-refractivity contribution in [3.8, 4) is 11.1 Å². The van der Waals surface area contributed by atoms with Gasteiger partial charge in [-0.15, -0.1) is 0 Å². The van der Waals surface area contributed by atoms with Crippen molar-refractivity contribution in [3.63, 3.8) is 0 Å². The van der Waals surface area contributed by atoms with Crippen LogP contribution < -0.4 is 0 Å². The average molecular weight is 472 g/mol. The van der Waals surface area contributed by atoms with E-state index in [1.165, 1.54) is 5.56 Å². The number of hydrogen-bond donors (Lipinski definition) is 0. The minimum atomic E-state index is -0.222. The van der Waals surface area contributed by atoms with Gasteiger partial charge in [-0.05, 0) is 49.2 Å². The van der Waals surface area contributed by atoms with E-state index < -0.39 is 0 Å². The third-order valence-electron chi connectivity index (χ3n) is 6.78. The molecule has 0 aliphatic carbocycles. The van der Waals surface area contributed by atoms with E-state index in [1.807, 2.05) is 43.3 Å². The zero-order chi connectivity index (χ0) is 24.8. The van der Waals surface area contributed by atoms with Crippen LogP contribution in [0.4, 0.5) is 0 Å². The molecule has 0 bridgehead atoms. The van der Waals surface area contributed by atoms with E-state index in [9.17, 15) is 4.79 Å². The molecule has 1 aliphatic heterocycles. The molecule has 1 atom stereocenters. The maximum absolute atomic E-state index is 12.7. The fraction of sp³-hybridized carbons (Fsp3) is 0.167. The minimum Gasteiger partial charge on any atom is -0.273 e. The van der Waals surface area contributed by atoms with Crippen LogP contribution in [0.3, 0.4) is 0 Å². The summed E-state index contributed by atoms with van der Waals surface area (Å²) in [6.45, 7) is 5.69. The van der Waals surface area contributed by atoms with Crippen LogP contribution in [0.15, 0.2) is 84.2 Å². The molecule has 0 saturated heterocycles. The van der Waals surface area contributed by atoms with Gasteiger partial charge in [-0.2, -0.15) is 5.10 Å². The van der Waals surface area contributed by atoms with Crippen LogP contribution >= 0.6 is 0 Å². The second-order valence-corrected chi connectivity index (χ2v) is 9.27. The van der Waals surface area contributed by atoms with Gasteiger partial charge < -0.3 is 0 Å². The Hall–Kier alpha value is -4.45. The fourth-order valence-electron chi connectivity index (χ4n) is 5.16. The highest BCUT2D eigenvalue weighted by Gasteiger charge is 2.34. The quantitative estimate of drug-likeness (QED) is 0.316. The minimum absolute atomic E-state index is 0.0993. The summed E-state index contributed by atoms with van der Waals surface area (Å²) in [5.74, 6) is -0.0993. The Labute approximate surface area is 209 Å². The average Bonchev–Trinajstić information content (AvgIpc) is 3.34. The van der Waals surface area contributed by atoms with Gasteiger partial charge in [0, 0.05) is 47.9 Å². The first-order valence-electron chi connectivity index (χ1n) is 12.0. The fourth-order valence-corrected chi connectivity index (χ4v) is 5.16. The van der Waals surface area contributed by atoms with Gasteiger partial charge in [0.25, 0.3) is 0 Å². The molecule has 0 fully saturated rings. The van der Waals surface area contributed by atoms with Crippen molar-refractivity contribution in [1.82, 2.24) is 20.0 Å². The number of pyridine rings is 1. The van der Waals surface area contributed by atoms with E-state index in [1.54, 1.807) is 24.3 Å². The van der Waals surface area contributed by atoms with Gasteiger partial charge in [0.2, 0.25) is 5.91 Å². The predicted molar refractivity (Wildman–Crippen MR) is 143 cm³/mol. The summed E-state index contributed by atoms with van der Waals surface area (Å²) in [6.07, 6.45) is 3.96. The molecule has 2 aromatic heterocycles. The molecule has 6 heteroatoms. The molecule has 176 valence electrons. The van der Waals surface area contributed by atoms with Gasteiger partial charge in [-0.1, -0.05) is 48.0 Å². The molecule has 6 rings (SSSR count). The first-order valence-corrected chi connectivity index (χ1v) is 12.0. The summed E-state index contributed by atoms with van der Waals surface area (Å²) in [6, 6.07) is 22.5. The lowest BCUT2D eigenvalue weighted by Crippen LogP contribution is -2.24. The van der Waals surface area contributed by atoms with Gasteiger partial charge in [0.05, 0.1) is 28.3 Å². The molecular weight excluding hydrogens is 446 g/mol. The summed E-state index contributed by atoms with van der Waals surface area (Å²) in [5.41, 5.74) is 9.71. The van der Waals surface area contributed by atoms with Crippen molar-refractivity contribution in [2.24, 2.45) is 5.10 Å². The van der Waals surface area contributed by atoms with Crippen molar-refractivity contribution in [1.29, 1.82) is 0 Å². The third-order valence-corrected chi connectivity index (χ3v) is 6.78. The van der Waals surface area contributed by atoms with Crippen molar-refractivity contribution < 1.29 is 4.79 Å². The number of aromatic nitrogens is 3. The topological polar surface area (TPSA) is 71.3 Å². The van der Waals surface area contributed by atoms with Crippen LogP contribution in [-0.2, 0) is 4.79 Å². The molecule has 0 unspecified atom stereocenters. The first kappa shape index (κ1) is 22.0. The van der Waals surface area contributed by atoms with Crippen molar-refractivity contribution in [3.05, 3.63) is 102 Å². The lowest BCUT2D eigenvalue weighted by molar-refractivity contribution is -0.130. The Morgan fingerprint density at radius 2 is 1.61 bits per heavy atom. The summed E-state index contributed by atoms with van der Waals surface area (Å²) >= 11 is 0. The van der Waals surface area contributed by atoms with E-state index in [0.29, 0.717) is 6.42 Å². The van der Waals surface area contributed by atoms with Crippen LogP contribution in [-0.4, -0.2) is 31.6 Å². The summed E-state index contributed by atoms with van der Waals surface area (Å²) in [5, 5.41) is 7.58. The Morgan fingerprint density at radius 1 is 0.861 bits per heavy atom. The van der Waals surface area contributed by atoms with Crippen molar-refractivity contribution in [2.75, 3.05) is 0 Å². The number of fused-ring (bicyclic) bond motifs is 2. The van der Waals surface area contributed by atoms with Crippen LogP contribution in [0, 0.1) is 13.8 Å². The lowest BCUT2D eigenvalue weighted by atomic mass is 9.89. The molecule has 36 heavy (non-hydrogen) atoms. The molecule has 0 saturated carbocycles. The van der Waals surface area contributed by atoms with Crippen LogP contribution in [0.1, 0.15) is 41.8 Å². The molecule has 3 heterocycles. The number of carbonyl (C=O) groups is 1. The predicted octanol–water partition coefficient (Wildman–Crippen LogP) is 6.16. The highest BCUT2D eigenvalue weighted by Crippen LogP contribution is 2.39. The summed E-state index contributed by atoms with van der Waals surface area (Å²) in [4.78, 5) is 26.5. The standard InChI is InChI=1S/C30H25N5O/c1-18-9-11-24-23(15-18)30(21-7-5-4-6-8-21)29(19(2)33-24)27-17-28(35(34-27)20(3)36)22-10-12-25-26(16-22)32-14-13-31-25/h4-16,28H,17H2,1-3H3/t28-/m0/s1. The number of benzene rings is 3. The summed E-state index contributed by atoms with van der Waals surface area (Å²) in [7, 11) is 0. The van der Waals surface area contributed by atoms with Gasteiger partial charge in [0.1, 0.15) is 0 Å². The number of amides is 1. The van der Waals surface area contributed by atoms with Crippen molar-refractivity contribution in [2.45, 2.75) is 33.2 Å². The number of nitrogens with zero attached hydrogens (tertiary/aromatic N) is 5. The number of hydrazone groups is 1. The molecule has 1 aliphatic rings. The van der Waals surface area contributed by atoms with E-state index in [4.69, 9.17) is 10.1 Å². The molecule has 5 aromatic rings. The molecule has 0 radical (unpaired) electrons. The Kier molecular flexibility index (Phi) is 5.29. The van der Waals surface area contributed by atoms with E-state index in [-0.39, 0.29) is 11.9 Å².